The first-order chi connectivity index (χ1) is 15.4. The molecule has 0 unspecified atom stereocenters. The number of ketones is 1. The lowest BCUT2D eigenvalue weighted by atomic mass is 10.1. The summed E-state index contributed by atoms with van der Waals surface area (Å²) in [5, 5.41) is 0. The summed E-state index contributed by atoms with van der Waals surface area (Å²) in [6.45, 7) is -0.492. The van der Waals surface area contributed by atoms with E-state index in [0.29, 0.717) is 15.8 Å². The van der Waals surface area contributed by atoms with Crippen LogP contribution in [0, 0.1) is 0 Å². The Labute approximate surface area is 191 Å². The van der Waals surface area contributed by atoms with E-state index < -0.39 is 30.2 Å². The Morgan fingerprint density at radius 1 is 0.906 bits per heavy atom. The van der Waals surface area contributed by atoms with Crippen LogP contribution in [0.5, 0.6) is 5.75 Å². The van der Waals surface area contributed by atoms with Crippen LogP contribution in [0.15, 0.2) is 71.2 Å². The first-order valence-electron chi connectivity index (χ1n) is 9.52. The Morgan fingerprint density at radius 3 is 2.31 bits per heavy atom. The zero-order valence-electron chi connectivity index (χ0n) is 16.8. The van der Waals surface area contributed by atoms with Gasteiger partial charge in [0.25, 0.3) is 11.8 Å². The van der Waals surface area contributed by atoms with Crippen molar-refractivity contribution in [2.24, 2.45) is 0 Å². The highest BCUT2D eigenvalue weighted by molar-refractivity contribution is 9.10. The van der Waals surface area contributed by atoms with Crippen LogP contribution < -0.4 is 9.64 Å². The van der Waals surface area contributed by atoms with E-state index in [9.17, 15) is 19.2 Å². The van der Waals surface area contributed by atoms with Crippen molar-refractivity contribution < 1.29 is 28.7 Å². The minimum atomic E-state index is -0.819. The summed E-state index contributed by atoms with van der Waals surface area (Å²) in [7, 11) is 1.52. The Bertz CT molecular complexity index is 1250. The largest absolute Gasteiger partial charge is 0.497 e. The first-order valence-corrected chi connectivity index (χ1v) is 10.3. The highest BCUT2D eigenvalue weighted by Gasteiger charge is 2.38. The zero-order valence-corrected chi connectivity index (χ0v) is 18.4. The van der Waals surface area contributed by atoms with E-state index in [0.717, 1.165) is 4.90 Å². The number of nitrogens with zero attached hydrogens (tertiary/aromatic N) is 1. The molecule has 3 aromatic carbocycles. The summed E-state index contributed by atoms with van der Waals surface area (Å²) in [4.78, 5) is 51.8. The van der Waals surface area contributed by atoms with E-state index in [-0.39, 0.29) is 22.4 Å². The molecule has 4 rings (SSSR count). The van der Waals surface area contributed by atoms with Crippen LogP contribution in [0.3, 0.4) is 0 Å². The Kier molecular flexibility index (Phi) is 5.87. The molecule has 0 fully saturated rings. The van der Waals surface area contributed by atoms with Crippen molar-refractivity contribution in [3.05, 3.63) is 93.5 Å². The maximum absolute atomic E-state index is 12.9. The van der Waals surface area contributed by atoms with Crippen molar-refractivity contribution in [3.63, 3.8) is 0 Å². The number of carbonyl (C=O) groups excluding carboxylic acids is 4. The van der Waals surface area contributed by atoms with Crippen LogP contribution in [-0.2, 0) is 4.74 Å². The second kappa shape index (κ2) is 8.76. The molecule has 2 amide bonds. The van der Waals surface area contributed by atoms with Crippen molar-refractivity contribution in [1.82, 2.24) is 0 Å². The first kappa shape index (κ1) is 21.5. The lowest BCUT2D eigenvalue weighted by Crippen LogP contribution is -2.31. The molecule has 3 aromatic rings. The number of amides is 2. The number of ether oxygens (including phenoxy) is 2. The number of fused-ring (bicyclic) bond motifs is 1. The molecule has 0 atom stereocenters. The molecule has 0 spiro atoms. The number of hydrogen-bond donors (Lipinski definition) is 0. The molecular formula is C24H16BrNO6. The van der Waals surface area contributed by atoms with Gasteiger partial charge in [-0.05, 0) is 54.6 Å². The van der Waals surface area contributed by atoms with Crippen molar-refractivity contribution in [2.75, 3.05) is 18.6 Å². The number of rotatable bonds is 6. The smallest absolute Gasteiger partial charge is 0.340 e. The molecule has 0 radical (unpaired) electrons. The predicted molar refractivity (Wildman–Crippen MR) is 119 cm³/mol. The number of imide groups is 1. The molecule has 32 heavy (non-hydrogen) atoms. The van der Waals surface area contributed by atoms with Crippen molar-refractivity contribution in [1.29, 1.82) is 0 Å². The molecule has 0 saturated heterocycles. The van der Waals surface area contributed by atoms with Crippen LogP contribution in [0.1, 0.15) is 41.4 Å². The quantitative estimate of drug-likeness (QED) is 0.289. The van der Waals surface area contributed by atoms with E-state index in [2.05, 4.69) is 15.9 Å². The van der Waals surface area contributed by atoms with Gasteiger partial charge >= 0.3 is 5.97 Å². The lowest BCUT2D eigenvalue weighted by molar-refractivity contribution is 0.0475. The fourth-order valence-electron chi connectivity index (χ4n) is 3.34. The van der Waals surface area contributed by atoms with Gasteiger partial charge in [0.05, 0.1) is 29.5 Å². The van der Waals surface area contributed by atoms with Crippen LogP contribution in [0.25, 0.3) is 0 Å². The maximum Gasteiger partial charge on any atom is 0.340 e. The number of para-hydroxylation sites is 1. The average molecular weight is 494 g/mol. The van der Waals surface area contributed by atoms with Gasteiger partial charge in [-0.2, -0.15) is 0 Å². The van der Waals surface area contributed by atoms with Gasteiger partial charge in [-0.15, -0.1) is 0 Å². The molecule has 0 aliphatic carbocycles. The average Bonchev–Trinajstić information content (AvgIpc) is 3.06. The number of methoxy groups -OCH3 is 1. The molecular weight excluding hydrogens is 478 g/mol. The van der Waals surface area contributed by atoms with Crippen LogP contribution >= 0.6 is 15.9 Å². The fraction of sp³-hybridized carbons (Fsp3) is 0.0833. The van der Waals surface area contributed by atoms with Gasteiger partial charge in [0, 0.05) is 10.0 Å². The molecule has 0 aromatic heterocycles. The predicted octanol–water partition coefficient (Wildman–Crippen LogP) is 4.30. The number of benzene rings is 3. The molecule has 160 valence electrons. The van der Waals surface area contributed by atoms with Crippen molar-refractivity contribution in [3.8, 4) is 5.75 Å². The Hall–Kier alpha value is -3.78. The number of esters is 1. The van der Waals surface area contributed by atoms with Crippen LogP contribution in [0.2, 0.25) is 0 Å². The monoisotopic (exact) mass is 493 g/mol. The van der Waals surface area contributed by atoms with Gasteiger partial charge < -0.3 is 9.47 Å². The number of Topliss-reactive ketones (excluding diaryl/α,β-unsaturated/α-hetero) is 1. The third-order valence-corrected chi connectivity index (χ3v) is 5.45. The SMILES string of the molecule is COc1ccc(C(=O)COC(=O)c2ccccc2N2C(=O)c3ccc(Br)cc3C2=O)cc1. The van der Waals surface area contributed by atoms with Crippen LogP contribution in [-0.4, -0.2) is 37.3 Å². The summed E-state index contributed by atoms with van der Waals surface area (Å²) < 4.78 is 10.9. The number of carbonyl (C=O) groups is 4. The number of anilines is 1. The van der Waals surface area contributed by atoms with Gasteiger partial charge in [-0.3, -0.25) is 14.4 Å². The minimum absolute atomic E-state index is 0.00334. The zero-order chi connectivity index (χ0) is 22.8. The van der Waals surface area contributed by atoms with Gasteiger partial charge in [-0.25, -0.2) is 9.69 Å². The third-order valence-electron chi connectivity index (χ3n) is 4.96. The topological polar surface area (TPSA) is 90.0 Å². The summed E-state index contributed by atoms with van der Waals surface area (Å²) in [5.74, 6) is -1.70. The summed E-state index contributed by atoms with van der Waals surface area (Å²) in [6.07, 6.45) is 0. The Morgan fingerprint density at radius 2 is 1.59 bits per heavy atom. The summed E-state index contributed by atoms with van der Waals surface area (Å²) >= 11 is 3.29. The molecule has 0 bridgehead atoms. The molecule has 0 saturated carbocycles. The number of halogens is 1. The van der Waals surface area contributed by atoms with Crippen LogP contribution in [0.4, 0.5) is 5.69 Å². The molecule has 1 aliphatic rings. The highest BCUT2D eigenvalue weighted by atomic mass is 79.9. The van der Waals surface area contributed by atoms with E-state index in [4.69, 9.17) is 9.47 Å². The Balaban J connectivity index is 1.55. The minimum Gasteiger partial charge on any atom is -0.497 e. The normalized spacial score (nSPS) is 12.5. The second-order valence-electron chi connectivity index (χ2n) is 6.88. The van der Waals surface area contributed by atoms with Gasteiger partial charge in [0.1, 0.15) is 5.75 Å². The van der Waals surface area contributed by atoms with Gasteiger partial charge in [0.15, 0.2) is 12.4 Å². The van der Waals surface area contributed by atoms with Crippen molar-refractivity contribution in [2.45, 2.75) is 0 Å². The maximum atomic E-state index is 12.9. The molecule has 0 N–H and O–H groups in total. The number of hydrogen-bond acceptors (Lipinski definition) is 6. The van der Waals surface area contributed by atoms with Gasteiger partial charge in [0.2, 0.25) is 0 Å². The summed E-state index contributed by atoms with van der Waals surface area (Å²) in [6, 6.07) is 17.3. The highest BCUT2D eigenvalue weighted by Crippen LogP contribution is 2.32. The van der Waals surface area contributed by atoms with Crippen molar-refractivity contribution >= 4 is 45.2 Å². The standard InChI is InChI=1S/C24H16BrNO6/c1-31-16-9-6-14(7-10-16)21(27)13-32-24(30)18-4-2-3-5-20(18)26-22(28)17-11-8-15(25)12-19(17)23(26)29/h2-12H,13H2,1H3. The van der Waals surface area contributed by atoms with E-state index in [1.54, 1.807) is 54.6 Å². The molecule has 1 aliphatic heterocycles. The molecule has 7 nitrogen and oxygen atoms in total. The van der Waals surface area contributed by atoms with Gasteiger partial charge in [-0.1, -0.05) is 28.1 Å². The molecule has 1 heterocycles. The van der Waals surface area contributed by atoms with E-state index in [1.165, 1.54) is 19.2 Å². The lowest BCUT2D eigenvalue weighted by Gasteiger charge is -2.17. The van der Waals surface area contributed by atoms with E-state index in [1.807, 2.05) is 0 Å². The summed E-state index contributed by atoms with van der Waals surface area (Å²) in [5.41, 5.74) is 0.941. The fourth-order valence-corrected chi connectivity index (χ4v) is 3.70. The third kappa shape index (κ3) is 3.92. The van der Waals surface area contributed by atoms with E-state index >= 15 is 0 Å². The second-order valence-corrected chi connectivity index (χ2v) is 7.80. The molecule has 8 heteroatoms.